The second-order valence-corrected chi connectivity index (χ2v) is 5.93. The van der Waals surface area contributed by atoms with Gasteiger partial charge >= 0.3 is 5.97 Å². The Morgan fingerprint density at radius 3 is 2.50 bits per heavy atom. The number of benzene rings is 2. The predicted octanol–water partition coefficient (Wildman–Crippen LogP) is 4.20. The van der Waals surface area contributed by atoms with Gasteiger partial charge in [-0.3, -0.25) is 4.79 Å². The Hall–Kier alpha value is -3.59. The van der Waals surface area contributed by atoms with E-state index >= 15 is 0 Å². The predicted molar refractivity (Wildman–Crippen MR) is 107 cm³/mol. The average molecular weight is 378 g/mol. The first-order valence-electron chi connectivity index (χ1n) is 8.92. The molecule has 144 valence electrons. The van der Waals surface area contributed by atoms with Gasteiger partial charge in [-0.05, 0) is 42.8 Å². The fourth-order valence-electron chi connectivity index (χ4n) is 2.37. The summed E-state index contributed by atoms with van der Waals surface area (Å²) in [6.07, 6.45) is 3.23. The molecule has 0 aliphatic carbocycles. The molecule has 0 radical (unpaired) electrons. The van der Waals surface area contributed by atoms with Gasteiger partial charge in [-0.15, -0.1) is 0 Å². The Bertz CT molecular complexity index is 895. The van der Waals surface area contributed by atoms with Crippen molar-refractivity contribution in [3.8, 4) is 11.8 Å². The number of ether oxygens (including phenoxy) is 2. The van der Waals surface area contributed by atoms with Gasteiger partial charge in [0.15, 0.2) is 0 Å². The molecule has 2 aromatic carbocycles. The lowest BCUT2D eigenvalue weighted by molar-refractivity contribution is -0.112. The van der Waals surface area contributed by atoms with Gasteiger partial charge in [-0.1, -0.05) is 31.5 Å². The van der Waals surface area contributed by atoms with Crippen molar-refractivity contribution in [1.29, 1.82) is 5.26 Å². The molecule has 0 aliphatic rings. The summed E-state index contributed by atoms with van der Waals surface area (Å²) in [4.78, 5) is 24.3. The number of hydrogen-bond acceptors (Lipinski definition) is 5. The van der Waals surface area contributed by atoms with E-state index in [9.17, 15) is 14.9 Å². The van der Waals surface area contributed by atoms with E-state index in [0.717, 1.165) is 12.8 Å². The molecule has 1 amide bonds. The molecule has 0 atom stereocenters. The monoisotopic (exact) mass is 378 g/mol. The molecular formula is C22H22N2O4. The molecule has 0 fully saturated rings. The number of nitriles is 1. The standard InChI is InChI=1S/C22H22N2O4/c1-3-4-13-28-22(26)16-9-11-19(12-10-16)24-21(25)18(15-23)14-17-7-5-6-8-20(17)27-2/h5-12,14H,3-4,13H2,1-2H3,(H,24,25)/b18-14-. The van der Waals surface area contributed by atoms with Crippen LogP contribution in [-0.2, 0) is 9.53 Å². The fraction of sp³-hybridized carbons (Fsp3) is 0.227. The number of rotatable bonds is 8. The Balaban J connectivity index is 2.07. The number of carbonyl (C=O) groups excluding carboxylic acids is 2. The van der Waals surface area contributed by atoms with Crippen LogP contribution < -0.4 is 10.1 Å². The third-order valence-corrected chi connectivity index (χ3v) is 3.91. The van der Waals surface area contributed by atoms with Crippen molar-refractivity contribution >= 4 is 23.6 Å². The van der Waals surface area contributed by atoms with Gasteiger partial charge in [-0.2, -0.15) is 5.26 Å². The lowest BCUT2D eigenvalue weighted by Crippen LogP contribution is -2.14. The Kier molecular flexibility index (Phi) is 7.79. The maximum absolute atomic E-state index is 12.4. The summed E-state index contributed by atoms with van der Waals surface area (Å²) >= 11 is 0. The van der Waals surface area contributed by atoms with E-state index in [1.54, 1.807) is 48.5 Å². The molecule has 0 aliphatic heterocycles. The van der Waals surface area contributed by atoms with E-state index in [1.807, 2.05) is 13.0 Å². The summed E-state index contributed by atoms with van der Waals surface area (Å²) in [5.74, 6) is -0.388. The number of methoxy groups -OCH3 is 1. The molecular weight excluding hydrogens is 356 g/mol. The number of unbranched alkanes of at least 4 members (excludes halogenated alkanes) is 1. The third kappa shape index (κ3) is 5.71. The Labute approximate surface area is 164 Å². The molecule has 6 heteroatoms. The van der Waals surface area contributed by atoms with E-state index in [0.29, 0.717) is 29.2 Å². The normalized spacial score (nSPS) is 10.7. The molecule has 0 saturated carbocycles. The lowest BCUT2D eigenvalue weighted by atomic mass is 10.1. The molecule has 6 nitrogen and oxygen atoms in total. The van der Waals surface area contributed by atoms with E-state index < -0.39 is 11.9 Å². The smallest absolute Gasteiger partial charge is 0.338 e. The first-order chi connectivity index (χ1) is 13.6. The van der Waals surface area contributed by atoms with Gasteiger partial charge in [0.25, 0.3) is 5.91 Å². The molecule has 0 unspecified atom stereocenters. The summed E-state index contributed by atoms with van der Waals surface area (Å²) < 4.78 is 10.4. The zero-order chi connectivity index (χ0) is 20.4. The van der Waals surface area contributed by atoms with Crippen molar-refractivity contribution in [2.75, 3.05) is 19.0 Å². The maximum atomic E-state index is 12.4. The van der Waals surface area contributed by atoms with Crippen molar-refractivity contribution in [3.63, 3.8) is 0 Å². The molecule has 0 heterocycles. The molecule has 2 rings (SSSR count). The number of nitrogens with zero attached hydrogens (tertiary/aromatic N) is 1. The quantitative estimate of drug-likeness (QED) is 0.322. The van der Waals surface area contributed by atoms with Crippen LogP contribution in [0.3, 0.4) is 0 Å². The number of nitrogens with one attached hydrogen (secondary N) is 1. The summed E-state index contributed by atoms with van der Waals surface area (Å²) in [6, 6.07) is 15.3. The highest BCUT2D eigenvalue weighted by Gasteiger charge is 2.12. The number of anilines is 1. The van der Waals surface area contributed by atoms with E-state index in [2.05, 4.69) is 5.32 Å². The van der Waals surface area contributed by atoms with Crippen molar-refractivity contribution in [2.45, 2.75) is 19.8 Å². The SMILES string of the molecule is CCCCOC(=O)c1ccc(NC(=O)/C(C#N)=C\c2ccccc2OC)cc1. The fourth-order valence-corrected chi connectivity index (χ4v) is 2.37. The maximum Gasteiger partial charge on any atom is 0.338 e. The van der Waals surface area contributed by atoms with Crippen LogP contribution in [0.1, 0.15) is 35.7 Å². The van der Waals surface area contributed by atoms with Crippen LogP contribution in [0, 0.1) is 11.3 Å². The number of para-hydroxylation sites is 1. The van der Waals surface area contributed by atoms with Crippen molar-refractivity contribution in [3.05, 3.63) is 65.2 Å². The molecule has 0 aromatic heterocycles. The summed E-state index contributed by atoms with van der Waals surface area (Å²) in [6.45, 7) is 2.40. The van der Waals surface area contributed by atoms with Crippen LogP contribution in [0.5, 0.6) is 5.75 Å². The zero-order valence-corrected chi connectivity index (χ0v) is 15.9. The van der Waals surface area contributed by atoms with Crippen LogP contribution in [0.25, 0.3) is 6.08 Å². The van der Waals surface area contributed by atoms with Crippen LogP contribution in [0.4, 0.5) is 5.69 Å². The van der Waals surface area contributed by atoms with Crippen LogP contribution in [0.2, 0.25) is 0 Å². The highest BCUT2D eigenvalue weighted by molar-refractivity contribution is 6.10. The van der Waals surface area contributed by atoms with Crippen LogP contribution in [-0.4, -0.2) is 25.6 Å². The molecule has 0 saturated heterocycles. The van der Waals surface area contributed by atoms with Crippen molar-refractivity contribution in [2.24, 2.45) is 0 Å². The topological polar surface area (TPSA) is 88.4 Å². The first-order valence-corrected chi connectivity index (χ1v) is 8.92. The molecule has 1 N–H and O–H groups in total. The van der Waals surface area contributed by atoms with Gasteiger partial charge in [0.1, 0.15) is 17.4 Å². The first kappa shape index (κ1) is 20.7. The van der Waals surface area contributed by atoms with Crippen molar-refractivity contribution in [1.82, 2.24) is 0 Å². The van der Waals surface area contributed by atoms with Crippen LogP contribution in [0.15, 0.2) is 54.1 Å². The van der Waals surface area contributed by atoms with Gasteiger partial charge in [0.05, 0.1) is 19.3 Å². The molecule has 0 bridgehead atoms. The summed E-state index contributed by atoms with van der Waals surface area (Å²) in [5.41, 5.74) is 1.44. The van der Waals surface area contributed by atoms with E-state index in [4.69, 9.17) is 9.47 Å². The summed E-state index contributed by atoms with van der Waals surface area (Å²) in [5, 5.41) is 12.0. The average Bonchev–Trinajstić information content (AvgIpc) is 2.72. The highest BCUT2D eigenvalue weighted by atomic mass is 16.5. The molecule has 28 heavy (non-hydrogen) atoms. The van der Waals surface area contributed by atoms with Gasteiger partial charge in [0.2, 0.25) is 0 Å². The van der Waals surface area contributed by atoms with Gasteiger partial charge < -0.3 is 14.8 Å². The largest absolute Gasteiger partial charge is 0.496 e. The minimum absolute atomic E-state index is 0.0625. The van der Waals surface area contributed by atoms with Crippen molar-refractivity contribution < 1.29 is 19.1 Å². The minimum Gasteiger partial charge on any atom is -0.496 e. The number of esters is 1. The number of amides is 1. The van der Waals surface area contributed by atoms with E-state index in [1.165, 1.54) is 13.2 Å². The van der Waals surface area contributed by atoms with Crippen LogP contribution >= 0.6 is 0 Å². The molecule has 2 aromatic rings. The lowest BCUT2D eigenvalue weighted by Gasteiger charge is -2.07. The number of carbonyl (C=O) groups is 2. The van der Waals surface area contributed by atoms with Gasteiger partial charge in [0, 0.05) is 11.3 Å². The highest BCUT2D eigenvalue weighted by Crippen LogP contribution is 2.21. The zero-order valence-electron chi connectivity index (χ0n) is 15.9. The van der Waals surface area contributed by atoms with E-state index in [-0.39, 0.29) is 5.57 Å². The minimum atomic E-state index is -0.549. The number of hydrogen-bond donors (Lipinski definition) is 1. The Morgan fingerprint density at radius 1 is 1.14 bits per heavy atom. The second-order valence-electron chi connectivity index (χ2n) is 5.93. The second kappa shape index (κ2) is 10.5. The summed E-state index contributed by atoms with van der Waals surface area (Å²) in [7, 11) is 1.52. The molecule has 0 spiro atoms. The Morgan fingerprint density at radius 2 is 1.86 bits per heavy atom. The third-order valence-electron chi connectivity index (χ3n) is 3.91. The van der Waals surface area contributed by atoms with Gasteiger partial charge in [-0.25, -0.2) is 4.79 Å².